The lowest BCUT2D eigenvalue weighted by Gasteiger charge is -2.27. The standard InChI is InChI=1S/C25H40N2O6/c1-18(21(15-16-22(26)28)27-24(31)33-25(2,3)4)32-17-20-13-11-19(12-14-20)9-7-5-6-8-10-23(29)30/h11-14,18,21H,5-10,15-17H2,1-4H3,(H2,26,28)(H,27,31)(H,29,30)/t18-,21+/m1/s1. The van der Waals surface area contributed by atoms with Crippen LogP contribution in [-0.2, 0) is 32.1 Å². The average Bonchev–Trinajstić information content (AvgIpc) is 2.71. The number of hydrogen-bond donors (Lipinski definition) is 3. The summed E-state index contributed by atoms with van der Waals surface area (Å²) in [6.07, 6.45) is 4.51. The zero-order chi connectivity index (χ0) is 24.9. The lowest BCUT2D eigenvalue weighted by molar-refractivity contribution is -0.137. The Labute approximate surface area is 197 Å². The Morgan fingerprint density at radius 1 is 1.00 bits per heavy atom. The van der Waals surface area contributed by atoms with Crippen LogP contribution < -0.4 is 11.1 Å². The van der Waals surface area contributed by atoms with E-state index >= 15 is 0 Å². The van der Waals surface area contributed by atoms with E-state index in [1.165, 1.54) is 5.56 Å². The summed E-state index contributed by atoms with van der Waals surface area (Å²) in [6, 6.07) is 7.78. The molecule has 1 rings (SSSR count). The number of primary amides is 1. The van der Waals surface area contributed by atoms with Gasteiger partial charge < -0.3 is 25.6 Å². The molecule has 2 atom stereocenters. The monoisotopic (exact) mass is 464 g/mol. The maximum atomic E-state index is 12.2. The van der Waals surface area contributed by atoms with Crippen molar-refractivity contribution >= 4 is 18.0 Å². The van der Waals surface area contributed by atoms with E-state index in [1.54, 1.807) is 20.8 Å². The minimum atomic E-state index is -0.734. The van der Waals surface area contributed by atoms with Gasteiger partial charge in [0.2, 0.25) is 5.91 Å². The van der Waals surface area contributed by atoms with Crippen LogP contribution in [0.5, 0.6) is 0 Å². The van der Waals surface area contributed by atoms with Crippen LogP contribution >= 0.6 is 0 Å². The van der Waals surface area contributed by atoms with Crippen molar-refractivity contribution in [3.8, 4) is 0 Å². The number of aryl methyl sites for hydroxylation is 1. The van der Waals surface area contributed by atoms with Crippen LogP contribution in [0.4, 0.5) is 4.79 Å². The van der Waals surface area contributed by atoms with E-state index in [1.807, 2.05) is 19.1 Å². The molecule has 0 aliphatic rings. The van der Waals surface area contributed by atoms with E-state index < -0.39 is 29.6 Å². The second-order valence-electron chi connectivity index (χ2n) is 9.40. The second kappa shape index (κ2) is 14.5. The van der Waals surface area contributed by atoms with Crippen molar-refractivity contribution in [2.75, 3.05) is 0 Å². The Hall–Kier alpha value is -2.61. The summed E-state index contributed by atoms with van der Waals surface area (Å²) in [4.78, 5) is 33.9. The molecule has 0 heterocycles. The van der Waals surface area contributed by atoms with Crippen LogP contribution in [0.3, 0.4) is 0 Å². The zero-order valence-electron chi connectivity index (χ0n) is 20.4. The summed E-state index contributed by atoms with van der Waals surface area (Å²) in [6.45, 7) is 7.58. The molecule has 0 radical (unpaired) electrons. The van der Waals surface area contributed by atoms with Crippen LogP contribution in [0.25, 0.3) is 0 Å². The Balaban J connectivity index is 2.49. The maximum Gasteiger partial charge on any atom is 0.407 e. The third-order valence-electron chi connectivity index (χ3n) is 5.11. The topological polar surface area (TPSA) is 128 Å². The molecule has 0 spiro atoms. The molecular formula is C25H40N2O6. The fourth-order valence-electron chi connectivity index (χ4n) is 3.29. The molecule has 33 heavy (non-hydrogen) atoms. The number of benzene rings is 1. The SMILES string of the molecule is C[C@@H](OCc1ccc(CCCCCCC(=O)O)cc1)[C@H](CCC(N)=O)NC(=O)OC(C)(C)C. The predicted octanol–water partition coefficient (Wildman–Crippen LogP) is 4.33. The Kier molecular flexibility index (Phi) is 12.5. The normalized spacial score (nSPS) is 13.2. The van der Waals surface area contributed by atoms with Crippen molar-refractivity contribution in [2.45, 2.75) is 103 Å². The van der Waals surface area contributed by atoms with E-state index in [4.69, 9.17) is 20.3 Å². The molecule has 0 bridgehead atoms. The Morgan fingerprint density at radius 3 is 2.18 bits per heavy atom. The minimum absolute atomic E-state index is 0.138. The van der Waals surface area contributed by atoms with E-state index in [0.29, 0.717) is 13.0 Å². The molecule has 1 aromatic rings. The van der Waals surface area contributed by atoms with Crippen LogP contribution in [0.2, 0.25) is 0 Å². The van der Waals surface area contributed by atoms with Gasteiger partial charge in [0.1, 0.15) is 5.60 Å². The first-order valence-corrected chi connectivity index (χ1v) is 11.7. The highest BCUT2D eigenvalue weighted by atomic mass is 16.6. The van der Waals surface area contributed by atoms with Crippen molar-refractivity contribution in [2.24, 2.45) is 5.73 Å². The van der Waals surface area contributed by atoms with E-state index in [2.05, 4.69) is 17.4 Å². The Morgan fingerprint density at radius 2 is 1.61 bits per heavy atom. The molecule has 8 nitrogen and oxygen atoms in total. The van der Waals surface area contributed by atoms with Crippen LogP contribution in [0.15, 0.2) is 24.3 Å². The van der Waals surface area contributed by atoms with E-state index in [9.17, 15) is 14.4 Å². The molecule has 0 saturated heterocycles. The fraction of sp³-hybridized carbons (Fsp3) is 0.640. The molecule has 8 heteroatoms. The number of carboxylic acids is 1. The number of amides is 2. The van der Waals surface area contributed by atoms with Crippen LogP contribution in [0.1, 0.15) is 83.8 Å². The quantitative estimate of drug-likeness (QED) is 0.332. The molecule has 2 amide bonds. The molecule has 1 aromatic carbocycles. The van der Waals surface area contributed by atoms with Gasteiger partial charge in [0.05, 0.1) is 18.8 Å². The van der Waals surface area contributed by atoms with Gasteiger partial charge >= 0.3 is 12.1 Å². The van der Waals surface area contributed by atoms with Gasteiger partial charge in [-0.1, -0.05) is 37.1 Å². The first-order valence-electron chi connectivity index (χ1n) is 11.7. The van der Waals surface area contributed by atoms with Gasteiger partial charge in [0.25, 0.3) is 0 Å². The number of hydrogen-bond acceptors (Lipinski definition) is 5. The second-order valence-corrected chi connectivity index (χ2v) is 9.40. The molecule has 0 aliphatic heterocycles. The fourth-order valence-corrected chi connectivity index (χ4v) is 3.29. The maximum absolute atomic E-state index is 12.2. The molecule has 4 N–H and O–H groups in total. The molecule has 0 aliphatic carbocycles. The highest BCUT2D eigenvalue weighted by Gasteiger charge is 2.24. The summed E-state index contributed by atoms with van der Waals surface area (Å²) in [5.74, 6) is -1.17. The van der Waals surface area contributed by atoms with Gasteiger partial charge in [-0.2, -0.15) is 0 Å². The van der Waals surface area contributed by atoms with Gasteiger partial charge in [-0.25, -0.2) is 4.79 Å². The lowest BCUT2D eigenvalue weighted by atomic mass is 10.0. The van der Waals surface area contributed by atoms with E-state index in [-0.39, 0.29) is 18.9 Å². The molecule has 0 aromatic heterocycles. The zero-order valence-corrected chi connectivity index (χ0v) is 20.4. The highest BCUT2D eigenvalue weighted by Crippen LogP contribution is 2.15. The smallest absolute Gasteiger partial charge is 0.407 e. The van der Waals surface area contributed by atoms with Gasteiger partial charge in [0.15, 0.2) is 0 Å². The Bertz CT molecular complexity index is 742. The average molecular weight is 465 g/mol. The summed E-state index contributed by atoms with van der Waals surface area (Å²) in [5, 5.41) is 11.4. The van der Waals surface area contributed by atoms with Crippen LogP contribution in [0, 0.1) is 0 Å². The number of rotatable bonds is 15. The summed E-state index contributed by atoms with van der Waals surface area (Å²) < 4.78 is 11.3. The number of ether oxygens (including phenoxy) is 2. The highest BCUT2D eigenvalue weighted by molar-refractivity contribution is 5.74. The number of carbonyl (C=O) groups excluding carboxylic acids is 2. The molecule has 0 unspecified atom stereocenters. The van der Waals surface area contributed by atoms with E-state index in [0.717, 1.165) is 37.7 Å². The molecule has 0 fully saturated rings. The van der Waals surface area contributed by atoms with Gasteiger partial charge in [0, 0.05) is 12.8 Å². The van der Waals surface area contributed by atoms with Crippen molar-refractivity contribution in [3.05, 3.63) is 35.4 Å². The number of unbranched alkanes of at least 4 members (excludes halogenated alkanes) is 3. The number of carbonyl (C=O) groups is 3. The first-order chi connectivity index (χ1) is 15.5. The van der Waals surface area contributed by atoms with Crippen molar-refractivity contribution in [1.82, 2.24) is 5.32 Å². The number of aliphatic carboxylic acids is 1. The summed E-state index contributed by atoms with van der Waals surface area (Å²) >= 11 is 0. The number of nitrogens with one attached hydrogen (secondary N) is 1. The molecule has 186 valence electrons. The third kappa shape index (κ3) is 14.2. The van der Waals surface area contributed by atoms with Crippen molar-refractivity contribution < 1.29 is 29.0 Å². The van der Waals surface area contributed by atoms with Gasteiger partial charge in [-0.15, -0.1) is 0 Å². The summed E-state index contributed by atoms with van der Waals surface area (Å²) in [5.41, 5.74) is 6.90. The van der Waals surface area contributed by atoms with Gasteiger partial charge in [-0.05, 0) is 64.5 Å². The minimum Gasteiger partial charge on any atom is -0.481 e. The number of nitrogens with two attached hydrogens (primary N) is 1. The molecule has 0 saturated carbocycles. The van der Waals surface area contributed by atoms with Crippen molar-refractivity contribution in [1.29, 1.82) is 0 Å². The summed E-state index contributed by atoms with van der Waals surface area (Å²) in [7, 11) is 0. The molecular weight excluding hydrogens is 424 g/mol. The number of alkyl carbamates (subject to hydrolysis) is 1. The van der Waals surface area contributed by atoms with Crippen molar-refractivity contribution in [3.63, 3.8) is 0 Å². The van der Waals surface area contributed by atoms with Crippen LogP contribution in [-0.4, -0.2) is 40.8 Å². The third-order valence-corrected chi connectivity index (χ3v) is 5.11. The lowest BCUT2D eigenvalue weighted by Crippen LogP contribution is -2.45. The predicted molar refractivity (Wildman–Crippen MR) is 127 cm³/mol. The number of carboxylic acid groups (broad SMARTS) is 1. The van der Waals surface area contributed by atoms with Gasteiger partial charge in [-0.3, -0.25) is 9.59 Å². The largest absolute Gasteiger partial charge is 0.481 e. The first kappa shape index (κ1) is 28.4.